The first-order valence-corrected chi connectivity index (χ1v) is 3.78. The predicted molar refractivity (Wildman–Crippen MR) is 46.0 cm³/mol. The zero-order valence-corrected chi connectivity index (χ0v) is 6.74. The number of hydrogen-bond acceptors (Lipinski definition) is 0. The van der Waals surface area contributed by atoms with Crippen LogP contribution in [-0.4, -0.2) is 0 Å². The third-order valence-electron chi connectivity index (χ3n) is 1.45. The molecule has 0 atom stereocenters. The Morgan fingerprint density at radius 3 is 2.82 bits per heavy atom. The molecule has 0 aliphatic carbocycles. The van der Waals surface area contributed by atoms with Crippen molar-refractivity contribution in [1.29, 1.82) is 0 Å². The summed E-state index contributed by atoms with van der Waals surface area (Å²) in [5.41, 5.74) is 1.41. The van der Waals surface area contributed by atoms with E-state index in [1.54, 1.807) is 18.2 Å². The van der Waals surface area contributed by atoms with E-state index >= 15 is 0 Å². The van der Waals surface area contributed by atoms with Crippen LogP contribution >= 0.6 is 11.6 Å². The van der Waals surface area contributed by atoms with Crippen molar-refractivity contribution >= 4 is 17.7 Å². The van der Waals surface area contributed by atoms with Crippen molar-refractivity contribution in [2.45, 2.75) is 5.88 Å². The van der Waals surface area contributed by atoms with Crippen LogP contribution in [0.3, 0.4) is 0 Å². The molecule has 0 amide bonds. The van der Waals surface area contributed by atoms with Gasteiger partial charge in [-0.25, -0.2) is 4.39 Å². The molecule has 0 saturated carbocycles. The van der Waals surface area contributed by atoms with Gasteiger partial charge in [-0.15, -0.1) is 11.6 Å². The van der Waals surface area contributed by atoms with Gasteiger partial charge in [-0.2, -0.15) is 0 Å². The van der Waals surface area contributed by atoms with E-state index in [0.717, 1.165) is 5.56 Å². The molecule has 1 aromatic carbocycles. The number of rotatable bonds is 2. The van der Waals surface area contributed by atoms with E-state index in [2.05, 4.69) is 6.58 Å². The summed E-state index contributed by atoms with van der Waals surface area (Å²) in [4.78, 5) is 0. The fourth-order valence-corrected chi connectivity index (χ4v) is 1.03. The van der Waals surface area contributed by atoms with Crippen molar-refractivity contribution in [3.05, 3.63) is 41.7 Å². The number of alkyl halides is 1. The highest BCUT2D eigenvalue weighted by Crippen LogP contribution is 2.13. The van der Waals surface area contributed by atoms with Gasteiger partial charge >= 0.3 is 0 Å². The highest BCUT2D eigenvalue weighted by atomic mass is 35.5. The largest absolute Gasteiger partial charge is 0.207 e. The number of benzene rings is 1. The molecule has 0 bridgehead atoms. The van der Waals surface area contributed by atoms with E-state index in [4.69, 9.17) is 11.6 Å². The third kappa shape index (κ3) is 1.81. The van der Waals surface area contributed by atoms with Crippen molar-refractivity contribution in [3.8, 4) is 0 Å². The van der Waals surface area contributed by atoms with Crippen LogP contribution in [0.4, 0.5) is 4.39 Å². The van der Waals surface area contributed by atoms with Crippen LogP contribution < -0.4 is 0 Å². The Kier molecular flexibility index (Phi) is 2.66. The molecule has 0 N–H and O–H groups in total. The Morgan fingerprint density at radius 1 is 1.55 bits per heavy atom. The van der Waals surface area contributed by atoms with Crippen molar-refractivity contribution in [2.75, 3.05) is 0 Å². The van der Waals surface area contributed by atoms with Crippen molar-refractivity contribution in [1.82, 2.24) is 0 Å². The molecule has 58 valence electrons. The molecule has 0 unspecified atom stereocenters. The Morgan fingerprint density at radius 2 is 2.27 bits per heavy atom. The normalized spacial score (nSPS) is 9.64. The predicted octanol–water partition coefficient (Wildman–Crippen LogP) is 3.21. The van der Waals surface area contributed by atoms with Gasteiger partial charge in [0.25, 0.3) is 0 Å². The summed E-state index contributed by atoms with van der Waals surface area (Å²) in [6, 6.07) is 4.75. The molecule has 0 saturated heterocycles. The Bertz CT molecular complexity index is 268. The second-order valence-electron chi connectivity index (χ2n) is 2.19. The molecule has 0 aromatic heterocycles. The Balaban J connectivity index is 3.12. The summed E-state index contributed by atoms with van der Waals surface area (Å²) in [5.74, 6) is -0.0568. The molecular formula is C9H8ClF. The maximum absolute atomic E-state index is 12.8. The van der Waals surface area contributed by atoms with Gasteiger partial charge in [0.15, 0.2) is 0 Å². The van der Waals surface area contributed by atoms with E-state index < -0.39 is 0 Å². The lowest BCUT2D eigenvalue weighted by atomic mass is 10.1. The maximum Gasteiger partial charge on any atom is 0.127 e. The monoisotopic (exact) mass is 170 g/mol. The molecule has 2 heteroatoms. The van der Waals surface area contributed by atoms with E-state index in [9.17, 15) is 4.39 Å². The molecule has 0 radical (unpaired) electrons. The molecular weight excluding hydrogens is 163 g/mol. The zero-order chi connectivity index (χ0) is 8.27. The summed E-state index contributed by atoms with van der Waals surface area (Å²) in [7, 11) is 0. The molecule has 1 rings (SSSR count). The smallest absolute Gasteiger partial charge is 0.127 e. The van der Waals surface area contributed by atoms with Crippen molar-refractivity contribution in [3.63, 3.8) is 0 Å². The highest BCUT2D eigenvalue weighted by molar-refractivity contribution is 6.17. The minimum atomic E-state index is -0.259. The minimum Gasteiger partial charge on any atom is -0.207 e. The van der Waals surface area contributed by atoms with Gasteiger partial charge in [0.2, 0.25) is 0 Å². The summed E-state index contributed by atoms with van der Waals surface area (Å²) >= 11 is 5.49. The molecule has 0 spiro atoms. The summed E-state index contributed by atoms with van der Waals surface area (Å²) in [6.07, 6.45) is 1.66. The van der Waals surface area contributed by atoms with Gasteiger partial charge in [0, 0.05) is 5.56 Å². The average Bonchev–Trinajstić information content (AvgIpc) is 2.05. The number of hydrogen-bond donors (Lipinski definition) is 0. The van der Waals surface area contributed by atoms with Crippen LogP contribution in [0.2, 0.25) is 0 Å². The summed E-state index contributed by atoms with van der Waals surface area (Å²) in [5, 5.41) is 0. The fourth-order valence-electron chi connectivity index (χ4n) is 0.824. The second kappa shape index (κ2) is 3.54. The van der Waals surface area contributed by atoms with Crippen LogP contribution in [0, 0.1) is 5.82 Å². The molecule has 0 nitrogen and oxygen atoms in total. The molecule has 0 aliphatic heterocycles. The molecule has 0 aliphatic rings. The van der Waals surface area contributed by atoms with Crippen LogP contribution in [-0.2, 0) is 5.88 Å². The van der Waals surface area contributed by atoms with Gasteiger partial charge in [0.05, 0.1) is 5.88 Å². The van der Waals surface area contributed by atoms with Gasteiger partial charge in [-0.1, -0.05) is 18.7 Å². The standard InChI is InChI=1S/C9H8ClF/c1-2-7-3-4-9(11)8(5-7)6-10/h2-5H,1,6H2. The summed E-state index contributed by atoms with van der Waals surface area (Å²) in [6.45, 7) is 3.57. The highest BCUT2D eigenvalue weighted by Gasteiger charge is 1.99. The van der Waals surface area contributed by atoms with Crippen molar-refractivity contribution < 1.29 is 4.39 Å². The molecule has 0 heterocycles. The van der Waals surface area contributed by atoms with E-state index in [-0.39, 0.29) is 11.7 Å². The van der Waals surface area contributed by atoms with Crippen LogP contribution in [0.15, 0.2) is 24.8 Å². The van der Waals surface area contributed by atoms with Gasteiger partial charge < -0.3 is 0 Å². The van der Waals surface area contributed by atoms with E-state index in [0.29, 0.717) is 5.56 Å². The first-order valence-electron chi connectivity index (χ1n) is 3.24. The fraction of sp³-hybridized carbons (Fsp3) is 0.111. The van der Waals surface area contributed by atoms with Crippen LogP contribution in [0.5, 0.6) is 0 Å². The first kappa shape index (κ1) is 8.28. The lowest BCUT2D eigenvalue weighted by Crippen LogP contribution is -1.85. The lowest BCUT2D eigenvalue weighted by molar-refractivity contribution is 0.617. The van der Waals surface area contributed by atoms with E-state index in [1.807, 2.05) is 0 Å². The van der Waals surface area contributed by atoms with Gasteiger partial charge in [-0.3, -0.25) is 0 Å². The zero-order valence-electron chi connectivity index (χ0n) is 5.98. The van der Waals surface area contributed by atoms with Gasteiger partial charge in [0.1, 0.15) is 5.82 Å². The van der Waals surface area contributed by atoms with Gasteiger partial charge in [-0.05, 0) is 17.7 Å². The Labute approximate surface area is 70.3 Å². The third-order valence-corrected chi connectivity index (χ3v) is 1.74. The quantitative estimate of drug-likeness (QED) is 0.598. The maximum atomic E-state index is 12.8. The average molecular weight is 171 g/mol. The molecule has 0 fully saturated rings. The minimum absolute atomic E-state index is 0.202. The van der Waals surface area contributed by atoms with Crippen LogP contribution in [0.1, 0.15) is 11.1 Å². The molecule has 11 heavy (non-hydrogen) atoms. The second-order valence-corrected chi connectivity index (χ2v) is 2.46. The van der Waals surface area contributed by atoms with Crippen molar-refractivity contribution in [2.24, 2.45) is 0 Å². The topological polar surface area (TPSA) is 0 Å². The SMILES string of the molecule is C=Cc1ccc(F)c(CCl)c1. The number of halogens is 2. The van der Waals surface area contributed by atoms with E-state index in [1.165, 1.54) is 6.07 Å². The first-order chi connectivity index (χ1) is 5.27. The van der Waals surface area contributed by atoms with Crippen LogP contribution in [0.25, 0.3) is 6.08 Å². The summed E-state index contributed by atoms with van der Waals surface area (Å²) < 4.78 is 12.8. The lowest BCUT2D eigenvalue weighted by Gasteiger charge is -1.98. The molecule has 1 aromatic rings. The Hall–Kier alpha value is -0.820.